The molecule has 0 bridgehead atoms. The predicted octanol–water partition coefficient (Wildman–Crippen LogP) is 4.71. The predicted molar refractivity (Wildman–Crippen MR) is 105 cm³/mol. The van der Waals surface area contributed by atoms with E-state index >= 15 is 0 Å². The van der Waals surface area contributed by atoms with Gasteiger partial charge in [-0.2, -0.15) is 0 Å². The van der Waals surface area contributed by atoms with Crippen molar-refractivity contribution >= 4 is 23.1 Å². The summed E-state index contributed by atoms with van der Waals surface area (Å²) in [7, 11) is 0. The maximum absolute atomic E-state index is 12.6. The van der Waals surface area contributed by atoms with E-state index in [0.717, 1.165) is 22.5 Å². The number of benzene rings is 2. The molecule has 1 aromatic heterocycles. The van der Waals surface area contributed by atoms with Crippen LogP contribution >= 0.6 is 0 Å². The van der Waals surface area contributed by atoms with Gasteiger partial charge in [0.05, 0.1) is 0 Å². The van der Waals surface area contributed by atoms with Crippen molar-refractivity contribution < 1.29 is 4.79 Å². The number of para-hydroxylation sites is 1. The van der Waals surface area contributed by atoms with E-state index in [2.05, 4.69) is 33.6 Å². The number of rotatable bonds is 4. The zero-order valence-corrected chi connectivity index (χ0v) is 15.4. The van der Waals surface area contributed by atoms with Crippen molar-refractivity contribution in [2.75, 3.05) is 10.6 Å². The number of aryl methyl sites for hydroxylation is 4. The molecule has 3 rings (SSSR count). The van der Waals surface area contributed by atoms with Gasteiger partial charge in [0.25, 0.3) is 5.91 Å². The van der Waals surface area contributed by atoms with E-state index in [-0.39, 0.29) is 5.91 Å². The second-order valence-electron chi connectivity index (χ2n) is 6.40. The Bertz CT molecular complexity index is 966. The fourth-order valence-electron chi connectivity index (χ4n) is 2.74. The fourth-order valence-corrected chi connectivity index (χ4v) is 2.74. The normalized spacial score (nSPS) is 10.5. The lowest BCUT2D eigenvalue weighted by Gasteiger charge is -2.12. The number of anilines is 3. The Morgan fingerprint density at radius 3 is 2.35 bits per heavy atom. The highest BCUT2D eigenvalue weighted by molar-refractivity contribution is 6.03. The molecule has 0 aliphatic heterocycles. The number of aromatic nitrogens is 2. The topological polar surface area (TPSA) is 66.9 Å². The third-order valence-corrected chi connectivity index (χ3v) is 4.11. The quantitative estimate of drug-likeness (QED) is 0.718. The molecule has 0 aliphatic rings. The Kier molecular flexibility index (Phi) is 4.98. The molecule has 5 heteroatoms. The average Bonchev–Trinajstić information content (AvgIpc) is 2.59. The number of nitrogens with zero attached hydrogens (tertiary/aromatic N) is 2. The van der Waals surface area contributed by atoms with Crippen molar-refractivity contribution in [2.24, 2.45) is 0 Å². The lowest BCUT2D eigenvalue weighted by Crippen LogP contribution is -2.16. The fraction of sp³-hybridized carbons (Fsp3) is 0.190. The van der Waals surface area contributed by atoms with Crippen molar-refractivity contribution in [3.63, 3.8) is 0 Å². The van der Waals surface area contributed by atoms with E-state index in [9.17, 15) is 4.79 Å². The number of carbonyl (C=O) groups is 1. The third-order valence-electron chi connectivity index (χ3n) is 4.11. The first-order valence-electron chi connectivity index (χ1n) is 8.49. The first-order valence-corrected chi connectivity index (χ1v) is 8.49. The van der Waals surface area contributed by atoms with E-state index < -0.39 is 0 Å². The van der Waals surface area contributed by atoms with Crippen molar-refractivity contribution in [3.8, 4) is 0 Å². The molecular weight excluding hydrogens is 324 g/mol. The maximum Gasteiger partial charge on any atom is 0.274 e. The van der Waals surface area contributed by atoms with Gasteiger partial charge in [0, 0.05) is 17.4 Å². The molecule has 1 amide bonds. The van der Waals surface area contributed by atoms with Gasteiger partial charge in [0.15, 0.2) is 0 Å². The standard InChI is InChI=1S/C21H22N4O/c1-13-9-10-18(15(3)11-13)24-20-12-19(22-16(4)23-20)21(26)25-17-8-6-5-7-14(17)2/h5-12H,1-4H3,(H,25,26)(H,22,23,24). The van der Waals surface area contributed by atoms with Crippen LogP contribution in [-0.2, 0) is 0 Å². The smallest absolute Gasteiger partial charge is 0.274 e. The third kappa shape index (κ3) is 4.06. The molecule has 5 nitrogen and oxygen atoms in total. The first kappa shape index (κ1) is 17.6. The Balaban J connectivity index is 1.85. The molecule has 0 radical (unpaired) electrons. The van der Waals surface area contributed by atoms with Crippen LogP contribution in [0.15, 0.2) is 48.5 Å². The monoisotopic (exact) mass is 346 g/mol. The second-order valence-corrected chi connectivity index (χ2v) is 6.40. The molecule has 2 aromatic carbocycles. The summed E-state index contributed by atoms with van der Waals surface area (Å²) in [6.07, 6.45) is 0. The molecular formula is C21H22N4O. The summed E-state index contributed by atoms with van der Waals surface area (Å²) >= 11 is 0. The van der Waals surface area contributed by atoms with Gasteiger partial charge in [-0.05, 0) is 51.0 Å². The minimum Gasteiger partial charge on any atom is -0.340 e. The molecule has 0 saturated heterocycles. The molecule has 0 fully saturated rings. The maximum atomic E-state index is 12.6. The van der Waals surface area contributed by atoms with Crippen LogP contribution in [0.1, 0.15) is 33.0 Å². The Hall–Kier alpha value is -3.21. The summed E-state index contributed by atoms with van der Waals surface area (Å²) < 4.78 is 0. The summed E-state index contributed by atoms with van der Waals surface area (Å²) in [5, 5.41) is 6.19. The van der Waals surface area contributed by atoms with Gasteiger partial charge in [-0.1, -0.05) is 35.9 Å². The highest BCUT2D eigenvalue weighted by Crippen LogP contribution is 2.21. The van der Waals surface area contributed by atoms with E-state index in [1.54, 1.807) is 13.0 Å². The molecule has 1 heterocycles. The number of carbonyl (C=O) groups excluding carboxylic acids is 1. The lowest BCUT2D eigenvalue weighted by atomic mass is 10.1. The highest BCUT2D eigenvalue weighted by Gasteiger charge is 2.12. The SMILES string of the molecule is Cc1ccc(Nc2cc(C(=O)Nc3ccccc3C)nc(C)n2)c(C)c1. The number of amides is 1. The van der Waals surface area contributed by atoms with Gasteiger partial charge < -0.3 is 10.6 Å². The van der Waals surface area contributed by atoms with Crippen LogP contribution in [0.2, 0.25) is 0 Å². The van der Waals surface area contributed by atoms with Crippen LogP contribution in [0.25, 0.3) is 0 Å². The molecule has 2 N–H and O–H groups in total. The van der Waals surface area contributed by atoms with Crippen LogP contribution in [0, 0.1) is 27.7 Å². The molecule has 0 spiro atoms. The van der Waals surface area contributed by atoms with Crippen LogP contribution in [0.4, 0.5) is 17.2 Å². The first-order chi connectivity index (χ1) is 12.4. The number of hydrogen-bond acceptors (Lipinski definition) is 4. The van der Waals surface area contributed by atoms with Gasteiger partial charge in [-0.25, -0.2) is 9.97 Å². The van der Waals surface area contributed by atoms with Crippen LogP contribution in [-0.4, -0.2) is 15.9 Å². The van der Waals surface area contributed by atoms with Crippen molar-refractivity contribution in [2.45, 2.75) is 27.7 Å². The average molecular weight is 346 g/mol. The highest BCUT2D eigenvalue weighted by atomic mass is 16.1. The Morgan fingerprint density at radius 2 is 1.62 bits per heavy atom. The summed E-state index contributed by atoms with van der Waals surface area (Å²) in [5.41, 5.74) is 5.38. The number of nitrogens with one attached hydrogen (secondary N) is 2. The molecule has 0 saturated carbocycles. The van der Waals surface area contributed by atoms with E-state index in [1.807, 2.05) is 50.2 Å². The van der Waals surface area contributed by atoms with Gasteiger partial charge in [-0.3, -0.25) is 4.79 Å². The molecule has 0 atom stereocenters. The van der Waals surface area contributed by atoms with E-state index in [0.29, 0.717) is 17.3 Å². The van der Waals surface area contributed by atoms with Crippen LogP contribution in [0.5, 0.6) is 0 Å². The molecule has 3 aromatic rings. The Morgan fingerprint density at radius 1 is 0.846 bits per heavy atom. The summed E-state index contributed by atoms with van der Waals surface area (Å²) in [4.78, 5) is 21.3. The van der Waals surface area contributed by atoms with E-state index in [1.165, 1.54) is 5.56 Å². The second kappa shape index (κ2) is 7.35. The molecule has 0 unspecified atom stereocenters. The summed E-state index contributed by atoms with van der Waals surface area (Å²) in [6, 6.07) is 15.5. The lowest BCUT2D eigenvalue weighted by molar-refractivity contribution is 0.102. The largest absolute Gasteiger partial charge is 0.340 e. The molecule has 26 heavy (non-hydrogen) atoms. The van der Waals surface area contributed by atoms with E-state index in [4.69, 9.17) is 0 Å². The van der Waals surface area contributed by atoms with Crippen molar-refractivity contribution in [1.29, 1.82) is 0 Å². The number of hydrogen-bond donors (Lipinski definition) is 2. The zero-order chi connectivity index (χ0) is 18.7. The summed E-state index contributed by atoms with van der Waals surface area (Å²) in [5.74, 6) is 0.877. The van der Waals surface area contributed by atoms with Gasteiger partial charge in [0.2, 0.25) is 0 Å². The van der Waals surface area contributed by atoms with Gasteiger partial charge >= 0.3 is 0 Å². The minimum absolute atomic E-state index is 0.256. The van der Waals surface area contributed by atoms with Gasteiger partial charge in [0.1, 0.15) is 17.3 Å². The van der Waals surface area contributed by atoms with Crippen molar-refractivity contribution in [1.82, 2.24) is 9.97 Å². The van der Waals surface area contributed by atoms with Crippen LogP contribution < -0.4 is 10.6 Å². The molecule has 132 valence electrons. The van der Waals surface area contributed by atoms with Crippen LogP contribution in [0.3, 0.4) is 0 Å². The minimum atomic E-state index is -0.256. The zero-order valence-electron chi connectivity index (χ0n) is 15.4. The Labute approximate surface area is 153 Å². The molecule has 0 aliphatic carbocycles. The summed E-state index contributed by atoms with van der Waals surface area (Å²) in [6.45, 7) is 7.82. The van der Waals surface area contributed by atoms with Crippen molar-refractivity contribution in [3.05, 3.63) is 76.7 Å². The van der Waals surface area contributed by atoms with Gasteiger partial charge in [-0.15, -0.1) is 0 Å².